The van der Waals surface area contributed by atoms with Gasteiger partial charge in [0.25, 0.3) is 0 Å². The molecule has 0 aromatic heterocycles. The Morgan fingerprint density at radius 3 is 2.80 bits per heavy atom. The lowest BCUT2D eigenvalue weighted by Crippen LogP contribution is -2.31. The van der Waals surface area contributed by atoms with Crippen molar-refractivity contribution in [2.75, 3.05) is 12.8 Å². The first-order valence-corrected chi connectivity index (χ1v) is 8.00. The topological polar surface area (TPSA) is 57.6 Å². The molecule has 0 saturated carbocycles. The summed E-state index contributed by atoms with van der Waals surface area (Å²) >= 11 is 1.68. The van der Waals surface area contributed by atoms with Crippen LogP contribution in [0.25, 0.3) is 0 Å². The van der Waals surface area contributed by atoms with Crippen molar-refractivity contribution in [1.29, 1.82) is 0 Å². The zero-order chi connectivity index (χ0) is 14.5. The van der Waals surface area contributed by atoms with E-state index in [2.05, 4.69) is 12.1 Å². The highest BCUT2D eigenvalue weighted by Crippen LogP contribution is 2.37. The van der Waals surface area contributed by atoms with E-state index in [1.54, 1.807) is 11.8 Å². The van der Waals surface area contributed by atoms with Gasteiger partial charge in [0.1, 0.15) is 0 Å². The highest BCUT2D eigenvalue weighted by Gasteiger charge is 2.30. The van der Waals surface area contributed by atoms with Crippen LogP contribution in [0.1, 0.15) is 37.3 Å². The minimum absolute atomic E-state index is 0.0502. The van der Waals surface area contributed by atoms with Gasteiger partial charge < -0.3 is 10.0 Å². The van der Waals surface area contributed by atoms with Gasteiger partial charge in [-0.25, -0.2) is 0 Å². The van der Waals surface area contributed by atoms with Crippen LogP contribution in [-0.2, 0) is 9.59 Å². The molecule has 0 spiro atoms. The average Bonchev–Trinajstić information content (AvgIpc) is 2.93. The largest absolute Gasteiger partial charge is 0.481 e. The van der Waals surface area contributed by atoms with Crippen LogP contribution in [0, 0.1) is 0 Å². The third-order valence-corrected chi connectivity index (χ3v) is 4.44. The molecule has 1 heterocycles. The Hall–Kier alpha value is -1.49. The zero-order valence-corrected chi connectivity index (χ0v) is 12.4. The Morgan fingerprint density at radius 1 is 1.35 bits per heavy atom. The van der Waals surface area contributed by atoms with E-state index in [9.17, 15) is 9.59 Å². The maximum Gasteiger partial charge on any atom is 0.303 e. The molecule has 108 valence electrons. The summed E-state index contributed by atoms with van der Waals surface area (Å²) in [5.74, 6) is -0.968. The number of carboxylic acid groups (broad SMARTS) is 1. The molecule has 1 saturated heterocycles. The van der Waals surface area contributed by atoms with Crippen molar-refractivity contribution in [3.05, 3.63) is 29.8 Å². The molecular formula is C15H19NO3S. The summed E-state index contributed by atoms with van der Waals surface area (Å²) in [6.45, 7) is 0.728. The number of amides is 1. The highest BCUT2D eigenvalue weighted by atomic mass is 32.2. The van der Waals surface area contributed by atoms with Crippen LogP contribution >= 0.6 is 11.8 Å². The fourth-order valence-electron chi connectivity index (χ4n) is 2.69. The van der Waals surface area contributed by atoms with Crippen LogP contribution in [0.15, 0.2) is 29.2 Å². The van der Waals surface area contributed by atoms with Gasteiger partial charge in [0.05, 0.1) is 12.5 Å². The van der Waals surface area contributed by atoms with Crippen LogP contribution in [-0.4, -0.2) is 34.7 Å². The van der Waals surface area contributed by atoms with Crippen molar-refractivity contribution in [2.24, 2.45) is 0 Å². The molecule has 20 heavy (non-hydrogen) atoms. The fraction of sp³-hybridized carbons (Fsp3) is 0.467. The lowest BCUT2D eigenvalue weighted by atomic mass is 10.0. The first-order valence-electron chi connectivity index (χ1n) is 6.77. The average molecular weight is 293 g/mol. The minimum Gasteiger partial charge on any atom is -0.481 e. The number of carbonyl (C=O) groups excluding carboxylic acids is 1. The molecule has 0 aliphatic carbocycles. The van der Waals surface area contributed by atoms with Crippen LogP contribution < -0.4 is 0 Å². The van der Waals surface area contributed by atoms with Gasteiger partial charge in [0.2, 0.25) is 5.91 Å². The second-order valence-corrected chi connectivity index (χ2v) is 5.73. The second-order valence-electron chi connectivity index (χ2n) is 4.88. The second kappa shape index (κ2) is 6.79. The summed E-state index contributed by atoms with van der Waals surface area (Å²) in [7, 11) is 0. The fourth-order valence-corrected chi connectivity index (χ4v) is 3.34. The van der Waals surface area contributed by atoms with Crippen LogP contribution in [0.3, 0.4) is 0 Å². The van der Waals surface area contributed by atoms with E-state index in [-0.39, 0.29) is 24.8 Å². The quantitative estimate of drug-likeness (QED) is 0.848. The number of thioether (sulfide) groups is 1. The number of benzene rings is 1. The maximum absolute atomic E-state index is 12.2. The van der Waals surface area contributed by atoms with Crippen molar-refractivity contribution in [1.82, 2.24) is 4.90 Å². The number of rotatable bonds is 5. The van der Waals surface area contributed by atoms with Gasteiger partial charge >= 0.3 is 5.97 Å². The van der Waals surface area contributed by atoms with Crippen LogP contribution in [0.4, 0.5) is 0 Å². The molecule has 1 amide bonds. The lowest BCUT2D eigenvalue weighted by molar-refractivity contribution is -0.141. The van der Waals surface area contributed by atoms with Gasteiger partial charge in [-0.15, -0.1) is 11.8 Å². The number of nitrogens with zero attached hydrogens (tertiary/aromatic N) is 1. The summed E-state index contributed by atoms with van der Waals surface area (Å²) in [5.41, 5.74) is 1.18. The normalized spacial score (nSPS) is 18.2. The summed E-state index contributed by atoms with van der Waals surface area (Å²) in [5, 5.41) is 8.70. The predicted molar refractivity (Wildman–Crippen MR) is 78.8 cm³/mol. The maximum atomic E-state index is 12.2. The predicted octanol–water partition coefficient (Wildman–Crippen LogP) is 2.94. The molecule has 0 radical (unpaired) electrons. The third-order valence-electron chi connectivity index (χ3n) is 3.62. The minimum atomic E-state index is -0.918. The molecule has 1 aliphatic rings. The Bertz CT molecular complexity index is 504. The number of hydrogen-bond acceptors (Lipinski definition) is 3. The van der Waals surface area contributed by atoms with E-state index < -0.39 is 5.97 Å². The van der Waals surface area contributed by atoms with Gasteiger partial charge in [0.15, 0.2) is 0 Å². The Morgan fingerprint density at radius 2 is 2.10 bits per heavy atom. The molecule has 0 bridgehead atoms. The zero-order valence-electron chi connectivity index (χ0n) is 11.5. The molecule has 0 unspecified atom stereocenters. The summed E-state index contributed by atoms with van der Waals surface area (Å²) in [4.78, 5) is 25.8. The third kappa shape index (κ3) is 3.33. The molecule has 1 atom stereocenters. The Kier molecular flexibility index (Phi) is 5.06. The summed E-state index contributed by atoms with van der Waals surface area (Å²) < 4.78 is 0. The molecule has 1 fully saturated rings. The van der Waals surface area contributed by atoms with Crippen molar-refractivity contribution in [3.8, 4) is 0 Å². The first kappa shape index (κ1) is 14.9. The number of likely N-dealkylation sites (tertiary alicyclic amines) is 1. The smallest absolute Gasteiger partial charge is 0.303 e. The molecule has 2 rings (SSSR count). The lowest BCUT2D eigenvalue weighted by Gasteiger charge is -2.26. The van der Waals surface area contributed by atoms with Gasteiger partial charge in [-0.05, 0) is 30.7 Å². The molecular weight excluding hydrogens is 274 g/mol. The first-order chi connectivity index (χ1) is 9.63. The molecule has 1 aliphatic heterocycles. The van der Waals surface area contributed by atoms with E-state index in [4.69, 9.17) is 5.11 Å². The van der Waals surface area contributed by atoms with Crippen molar-refractivity contribution >= 4 is 23.6 Å². The monoisotopic (exact) mass is 293 g/mol. The van der Waals surface area contributed by atoms with Crippen molar-refractivity contribution in [2.45, 2.75) is 36.6 Å². The number of carboxylic acids is 1. The van der Waals surface area contributed by atoms with Crippen LogP contribution in [0.5, 0.6) is 0 Å². The van der Waals surface area contributed by atoms with E-state index in [0.717, 1.165) is 19.4 Å². The Balaban J connectivity index is 2.14. The molecule has 1 aromatic rings. The van der Waals surface area contributed by atoms with Gasteiger partial charge in [-0.1, -0.05) is 18.2 Å². The molecule has 1 N–H and O–H groups in total. The van der Waals surface area contributed by atoms with E-state index >= 15 is 0 Å². The van der Waals surface area contributed by atoms with Crippen molar-refractivity contribution < 1.29 is 14.7 Å². The SMILES string of the molecule is CSc1ccccc1[C@H]1CCCN1C(=O)CCC(=O)O. The number of hydrogen-bond donors (Lipinski definition) is 1. The number of carbonyl (C=O) groups is 2. The van der Waals surface area contributed by atoms with E-state index in [1.165, 1.54) is 10.5 Å². The summed E-state index contributed by atoms with van der Waals surface area (Å²) in [6, 6.07) is 8.23. The van der Waals surface area contributed by atoms with Gasteiger partial charge in [-0.3, -0.25) is 9.59 Å². The van der Waals surface area contributed by atoms with E-state index in [0.29, 0.717) is 0 Å². The van der Waals surface area contributed by atoms with E-state index in [1.807, 2.05) is 23.3 Å². The molecule has 1 aromatic carbocycles. The van der Waals surface area contributed by atoms with Crippen LogP contribution in [0.2, 0.25) is 0 Å². The standard InChI is InChI=1S/C15H19NO3S/c1-20-13-7-3-2-5-11(13)12-6-4-10-16(12)14(17)8-9-15(18)19/h2-3,5,7,12H,4,6,8-10H2,1H3,(H,18,19)/t12-/m1/s1. The highest BCUT2D eigenvalue weighted by molar-refractivity contribution is 7.98. The van der Waals surface area contributed by atoms with Crippen molar-refractivity contribution in [3.63, 3.8) is 0 Å². The number of aliphatic carboxylic acids is 1. The van der Waals surface area contributed by atoms with Gasteiger partial charge in [-0.2, -0.15) is 0 Å². The Labute approximate surface area is 123 Å². The summed E-state index contributed by atoms with van der Waals surface area (Å²) in [6.07, 6.45) is 3.96. The molecule has 4 nitrogen and oxygen atoms in total. The van der Waals surface area contributed by atoms with Gasteiger partial charge in [0, 0.05) is 17.9 Å². The molecule has 5 heteroatoms.